The highest BCUT2D eigenvalue weighted by Crippen LogP contribution is 2.29. The standard InChI is InChI=1S/C19H18ClN3O4/c1-12-5-7-14(11-17(12)22-9-3-2-4-18(22)24)21-19(25)15-10-13(20)6-8-16(15)23(26)27/h5-8,10-11H,2-4,9H2,1H3,(H,21,25). The third-order valence-electron chi connectivity index (χ3n) is 4.48. The summed E-state index contributed by atoms with van der Waals surface area (Å²) in [7, 11) is 0. The van der Waals surface area contributed by atoms with Gasteiger partial charge in [0.15, 0.2) is 0 Å². The smallest absolute Gasteiger partial charge is 0.282 e. The molecule has 1 aliphatic heterocycles. The van der Waals surface area contributed by atoms with Crippen molar-refractivity contribution in [3.8, 4) is 0 Å². The van der Waals surface area contributed by atoms with Crippen LogP contribution in [0.15, 0.2) is 36.4 Å². The first kappa shape index (κ1) is 18.8. The van der Waals surface area contributed by atoms with E-state index in [-0.39, 0.29) is 22.2 Å². The highest BCUT2D eigenvalue weighted by molar-refractivity contribution is 6.31. The number of nitro benzene ring substituents is 1. The summed E-state index contributed by atoms with van der Waals surface area (Å²) >= 11 is 5.89. The van der Waals surface area contributed by atoms with Crippen LogP contribution in [0.3, 0.4) is 0 Å². The number of nitro groups is 1. The van der Waals surface area contributed by atoms with E-state index in [2.05, 4.69) is 5.32 Å². The number of carbonyl (C=O) groups is 2. The Morgan fingerprint density at radius 2 is 2.00 bits per heavy atom. The van der Waals surface area contributed by atoms with E-state index in [9.17, 15) is 19.7 Å². The number of piperidine rings is 1. The predicted molar refractivity (Wildman–Crippen MR) is 103 cm³/mol. The zero-order valence-corrected chi connectivity index (χ0v) is 15.5. The molecule has 2 amide bonds. The van der Waals surface area contributed by atoms with E-state index in [4.69, 9.17) is 11.6 Å². The molecule has 0 radical (unpaired) electrons. The molecular weight excluding hydrogens is 370 g/mol. The maximum atomic E-state index is 12.6. The van der Waals surface area contributed by atoms with Crippen molar-refractivity contribution in [1.29, 1.82) is 0 Å². The number of benzene rings is 2. The second-order valence-corrected chi connectivity index (χ2v) is 6.81. The normalized spacial score (nSPS) is 14.1. The number of rotatable bonds is 4. The molecule has 2 aromatic carbocycles. The van der Waals surface area contributed by atoms with Gasteiger partial charge in [0.25, 0.3) is 11.6 Å². The Morgan fingerprint density at radius 3 is 2.70 bits per heavy atom. The molecule has 1 fully saturated rings. The van der Waals surface area contributed by atoms with Gasteiger partial charge in [-0.05, 0) is 49.6 Å². The van der Waals surface area contributed by atoms with E-state index < -0.39 is 10.8 Å². The topological polar surface area (TPSA) is 92.5 Å². The van der Waals surface area contributed by atoms with Crippen LogP contribution in [0.25, 0.3) is 0 Å². The third-order valence-corrected chi connectivity index (χ3v) is 4.72. The highest BCUT2D eigenvalue weighted by Gasteiger charge is 2.23. The van der Waals surface area contributed by atoms with Crippen LogP contribution in [0.2, 0.25) is 5.02 Å². The van der Waals surface area contributed by atoms with Crippen molar-refractivity contribution in [1.82, 2.24) is 0 Å². The fraction of sp³-hybridized carbons (Fsp3) is 0.263. The lowest BCUT2D eigenvalue weighted by atomic mass is 10.1. The molecule has 0 aromatic heterocycles. The number of hydrogen-bond donors (Lipinski definition) is 1. The number of nitrogens with zero attached hydrogens (tertiary/aromatic N) is 2. The van der Waals surface area contributed by atoms with Crippen LogP contribution in [0.5, 0.6) is 0 Å². The van der Waals surface area contributed by atoms with Crippen molar-refractivity contribution < 1.29 is 14.5 Å². The van der Waals surface area contributed by atoms with Crippen LogP contribution in [0.1, 0.15) is 35.2 Å². The third kappa shape index (κ3) is 4.09. The van der Waals surface area contributed by atoms with Crippen molar-refractivity contribution >= 4 is 40.5 Å². The summed E-state index contributed by atoms with van der Waals surface area (Å²) in [5.74, 6) is -0.581. The zero-order valence-electron chi connectivity index (χ0n) is 14.7. The number of anilines is 2. The van der Waals surface area contributed by atoms with E-state index >= 15 is 0 Å². The fourth-order valence-electron chi connectivity index (χ4n) is 3.09. The SMILES string of the molecule is Cc1ccc(NC(=O)c2cc(Cl)ccc2[N+](=O)[O-])cc1N1CCCCC1=O. The largest absolute Gasteiger partial charge is 0.322 e. The lowest BCUT2D eigenvalue weighted by molar-refractivity contribution is -0.385. The van der Waals surface area contributed by atoms with Crippen LogP contribution in [-0.2, 0) is 4.79 Å². The molecule has 27 heavy (non-hydrogen) atoms. The number of amides is 2. The highest BCUT2D eigenvalue weighted by atomic mass is 35.5. The van der Waals surface area contributed by atoms with Crippen LogP contribution in [-0.4, -0.2) is 23.3 Å². The first-order valence-corrected chi connectivity index (χ1v) is 8.91. The molecule has 2 aromatic rings. The minimum Gasteiger partial charge on any atom is -0.322 e. The van der Waals surface area contributed by atoms with Gasteiger partial charge in [-0.3, -0.25) is 19.7 Å². The molecule has 1 N–H and O–H groups in total. The summed E-state index contributed by atoms with van der Waals surface area (Å²) in [5.41, 5.74) is 1.66. The van der Waals surface area contributed by atoms with Gasteiger partial charge in [-0.25, -0.2) is 0 Å². The second kappa shape index (κ2) is 7.75. The molecule has 3 rings (SSSR count). The number of carbonyl (C=O) groups excluding carboxylic acids is 2. The summed E-state index contributed by atoms with van der Waals surface area (Å²) < 4.78 is 0. The molecule has 1 aliphatic rings. The summed E-state index contributed by atoms with van der Waals surface area (Å²) in [6.45, 7) is 2.53. The van der Waals surface area contributed by atoms with Crippen molar-refractivity contribution in [3.05, 3.63) is 62.7 Å². The van der Waals surface area contributed by atoms with Gasteiger partial charge in [0.1, 0.15) is 5.56 Å². The number of aryl methyl sites for hydroxylation is 1. The van der Waals surface area contributed by atoms with Gasteiger partial charge >= 0.3 is 0 Å². The minimum atomic E-state index is -0.635. The molecule has 0 aliphatic carbocycles. The molecule has 0 saturated carbocycles. The number of hydrogen-bond acceptors (Lipinski definition) is 4. The maximum Gasteiger partial charge on any atom is 0.282 e. The van der Waals surface area contributed by atoms with Gasteiger partial charge in [-0.15, -0.1) is 0 Å². The molecule has 0 atom stereocenters. The summed E-state index contributed by atoms with van der Waals surface area (Å²) in [6, 6.07) is 9.04. The maximum absolute atomic E-state index is 12.6. The monoisotopic (exact) mass is 387 g/mol. The van der Waals surface area contributed by atoms with Crippen LogP contribution >= 0.6 is 11.6 Å². The first-order valence-electron chi connectivity index (χ1n) is 8.53. The molecule has 1 saturated heterocycles. The van der Waals surface area contributed by atoms with Crippen LogP contribution in [0.4, 0.5) is 17.1 Å². The van der Waals surface area contributed by atoms with Crippen molar-refractivity contribution in [2.24, 2.45) is 0 Å². The van der Waals surface area contributed by atoms with Crippen molar-refractivity contribution in [2.45, 2.75) is 26.2 Å². The Hall–Kier alpha value is -2.93. The Labute approximate surface area is 161 Å². The lowest BCUT2D eigenvalue weighted by Crippen LogP contribution is -2.35. The molecule has 0 bridgehead atoms. The average molecular weight is 388 g/mol. The molecular formula is C19H18ClN3O4. The molecule has 140 valence electrons. The minimum absolute atomic E-state index is 0.0540. The molecule has 0 spiro atoms. The van der Waals surface area contributed by atoms with Gasteiger partial charge in [-0.1, -0.05) is 17.7 Å². The summed E-state index contributed by atoms with van der Waals surface area (Å²) in [6.07, 6.45) is 2.31. The second-order valence-electron chi connectivity index (χ2n) is 6.38. The van der Waals surface area contributed by atoms with Gasteiger partial charge in [0.2, 0.25) is 5.91 Å². The van der Waals surface area contributed by atoms with E-state index in [0.29, 0.717) is 18.7 Å². The van der Waals surface area contributed by atoms with E-state index in [1.807, 2.05) is 6.92 Å². The van der Waals surface area contributed by atoms with E-state index in [1.165, 1.54) is 18.2 Å². The Balaban J connectivity index is 1.89. The van der Waals surface area contributed by atoms with Crippen molar-refractivity contribution in [3.63, 3.8) is 0 Å². The molecule has 0 unspecified atom stereocenters. The van der Waals surface area contributed by atoms with Gasteiger partial charge in [0.05, 0.1) is 4.92 Å². The molecule has 7 nitrogen and oxygen atoms in total. The first-order chi connectivity index (χ1) is 12.9. The van der Waals surface area contributed by atoms with E-state index in [1.54, 1.807) is 23.1 Å². The quantitative estimate of drug-likeness (QED) is 0.624. The van der Waals surface area contributed by atoms with Gasteiger partial charge < -0.3 is 10.2 Å². The Bertz CT molecular complexity index is 929. The fourth-order valence-corrected chi connectivity index (χ4v) is 3.26. The Kier molecular flexibility index (Phi) is 5.41. The zero-order chi connectivity index (χ0) is 19.6. The van der Waals surface area contributed by atoms with Crippen molar-refractivity contribution in [2.75, 3.05) is 16.8 Å². The lowest BCUT2D eigenvalue weighted by Gasteiger charge is -2.28. The number of nitrogens with one attached hydrogen (secondary N) is 1. The van der Waals surface area contributed by atoms with Crippen LogP contribution in [0, 0.1) is 17.0 Å². The average Bonchev–Trinajstić information content (AvgIpc) is 2.63. The number of halogens is 1. The predicted octanol–water partition coefficient (Wildman–Crippen LogP) is 4.33. The van der Waals surface area contributed by atoms with Crippen LogP contribution < -0.4 is 10.2 Å². The van der Waals surface area contributed by atoms with Gasteiger partial charge in [0, 0.05) is 35.4 Å². The van der Waals surface area contributed by atoms with E-state index in [0.717, 1.165) is 24.1 Å². The summed E-state index contributed by atoms with van der Waals surface area (Å²) in [5, 5.41) is 14.1. The molecule has 1 heterocycles. The Morgan fingerprint density at radius 1 is 1.22 bits per heavy atom. The molecule has 8 heteroatoms. The van der Waals surface area contributed by atoms with Gasteiger partial charge in [-0.2, -0.15) is 0 Å². The summed E-state index contributed by atoms with van der Waals surface area (Å²) in [4.78, 5) is 37.0.